The minimum absolute atomic E-state index is 0.0364. The van der Waals surface area contributed by atoms with Gasteiger partial charge in [-0.25, -0.2) is 0 Å². The molecule has 0 aromatic rings. The Morgan fingerprint density at radius 3 is 2.12 bits per heavy atom. The minimum atomic E-state index is -1.60. The zero-order valence-electron chi connectivity index (χ0n) is 27.5. The first-order chi connectivity index (χ1) is 20.6. The highest BCUT2D eigenvalue weighted by Gasteiger charge is 2.68. The van der Waals surface area contributed by atoms with E-state index in [4.69, 9.17) is 4.74 Å². The second-order valence-electron chi connectivity index (χ2n) is 15.1. The lowest BCUT2D eigenvalue weighted by Crippen LogP contribution is -2.62. The molecule has 4 rings (SSSR count). The third-order valence-corrected chi connectivity index (χ3v) is 12.4. The number of ether oxygens (including phenoxy) is 1. The molecule has 0 aliphatic heterocycles. The molecule has 6 heteroatoms. The van der Waals surface area contributed by atoms with Crippen molar-refractivity contribution in [1.29, 1.82) is 0 Å². The van der Waals surface area contributed by atoms with E-state index in [1.807, 2.05) is 13.0 Å². The van der Waals surface area contributed by atoms with Crippen LogP contribution < -0.4 is 0 Å². The topological polar surface area (TPSA) is 101 Å². The van der Waals surface area contributed by atoms with Gasteiger partial charge in [0.2, 0.25) is 5.78 Å². The van der Waals surface area contributed by atoms with E-state index in [-0.39, 0.29) is 34.9 Å². The molecule has 0 unspecified atom stereocenters. The first-order valence-corrected chi connectivity index (χ1v) is 17.9. The van der Waals surface area contributed by atoms with Crippen LogP contribution in [0.5, 0.6) is 0 Å². The van der Waals surface area contributed by atoms with Crippen molar-refractivity contribution in [3.63, 3.8) is 0 Å². The number of allylic oxidation sites excluding steroid dienone is 1. The standard InChI is InChI=1S/C37H60O6/c1-4-5-6-7-8-9-10-11-12-13-14-15-16-17-33(41)43-26-32(40)37(42)23-21-30-29-19-18-27-24-28(38)20-22-35(27,2)34(29)31(39)25-36(30,37)3/h24,29-31,34,39,42H,4-23,25-26H2,1-3H3/t29-,30-,31-,34+,35-,36-,37+/m0/s1. The number of hydrogen-bond donors (Lipinski definition) is 2. The predicted molar refractivity (Wildman–Crippen MR) is 169 cm³/mol. The lowest BCUT2D eigenvalue weighted by molar-refractivity contribution is -0.184. The number of ketones is 2. The summed E-state index contributed by atoms with van der Waals surface area (Å²) in [6, 6.07) is 0. The smallest absolute Gasteiger partial charge is 0.306 e. The van der Waals surface area contributed by atoms with E-state index in [2.05, 4.69) is 13.8 Å². The Morgan fingerprint density at radius 1 is 0.884 bits per heavy atom. The largest absolute Gasteiger partial charge is 0.458 e. The molecule has 3 fully saturated rings. The van der Waals surface area contributed by atoms with Crippen molar-refractivity contribution in [2.45, 2.75) is 167 Å². The molecular weight excluding hydrogens is 540 g/mol. The van der Waals surface area contributed by atoms with Gasteiger partial charge in [-0.1, -0.05) is 103 Å². The fraction of sp³-hybridized carbons (Fsp3) is 0.865. The maximum absolute atomic E-state index is 13.5. The molecule has 3 saturated carbocycles. The Morgan fingerprint density at radius 2 is 1.49 bits per heavy atom. The number of aliphatic hydroxyl groups is 2. The Hall–Kier alpha value is -1.53. The summed E-state index contributed by atoms with van der Waals surface area (Å²) in [6.07, 6.45) is 22.0. The van der Waals surface area contributed by atoms with E-state index >= 15 is 0 Å². The third kappa shape index (κ3) is 7.48. The number of aliphatic hydroxyl groups excluding tert-OH is 1. The summed E-state index contributed by atoms with van der Waals surface area (Å²) in [5, 5.41) is 23.4. The molecular formula is C37H60O6. The summed E-state index contributed by atoms with van der Waals surface area (Å²) in [4.78, 5) is 38.0. The average molecular weight is 601 g/mol. The molecule has 4 aliphatic rings. The Bertz CT molecular complexity index is 1000. The summed E-state index contributed by atoms with van der Waals surface area (Å²) in [5.41, 5.74) is -1.38. The number of unbranched alkanes of at least 4 members (excludes halogenated alkanes) is 12. The number of carbonyl (C=O) groups excluding carboxylic acids is 3. The molecule has 0 heterocycles. The molecule has 0 aromatic heterocycles. The van der Waals surface area contributed by atoms with Gasteiger partial charge in [-0.2, -0.15) is 0 Å². The second kappa shape index (κ2) is 15.2. The van der Waals surface area contributed by atoms with Crippen molar-refractivity contribution in [2.24, 2.45) is 28.6 Å². The summed E-state index contributed by atoms with van der Waals surface area (Å²) in [6.45, 7) is 6.03. The number of hydrogen-bond acceptors (Lipinski definition) is 6. The van der Waals surface area contributed by atoms with Gasteiger partial charge in [-0.05, 0) is 74.2 Å². The van der Waals surface area contributed by atoms with Crippen LogP contribution in [0.4, 0.5) is 0 Å². The quantitative estimate of drug-likeness (QED) is 0.130. The maximum Gasteiger partial charge on any atom is 0.306 e. The molecule has 0 amide bonds. The fourth-order valence-electron chi connectivity index (χ4n) is 9.77. The first-order valence-electron chi connectivity index (χ1n) is 17.9. The van der Waals surface area contributed by atoms with Gasteiger partial charge in [0.25, 0.3) is 0 Å². The van der Waals surface area contributed by atoms with Gasteiger partial charge in [0.05, 0.1) is 6.10 Å². The monoisotopic (exact) mass is 600 g/mol. The van der Waals surface area contributed by atoms with E-state index in [0.717, 1.165) is 44.9 Å². The molecule has 0 spiro atoms. The van der Waals surface area contributed by atoms with Gasteiger partial charge >= 0.3 is 5.97 Å². The van der Waals surface area contributed by atoms with Crippen molar-refractivity contribution in [3.8, 4) is 0 Å². The van der Waals surface area contributed by atoms with E-state index in [9.17, 15) is 24.6 Å². The van der Waals surface area contributed by atoms with E-state index in [1.165, 1.54) is 69.8 Å². The Kier molecular flexibility index (Phi) is 12.1. The van der Waals surface area contributed by atoms with Crippen LogP contribution in [0.2, 0.25) is 0 Å². The summed E-state index contributed by atoms with van der Waals surface area (Å²) in [7, 11) is 0. The third-order valence-electron chi connectivity index (χ3n) is 12.4. The van der Waals surface area contributed by atoms with Crippen molar-refractivity contribution < 1.29 is 29.3 Å². The highest BCUT2D eigenvalue weighted by Crippen LogP contribution is 2.67. The molecule has 7 atom stereocenters. The summed E-state index contributed by atoms with van der Waals surface area (Å²) < 4.78 is 5.39. The van der Waals surface area contributed by atoms with Crippen LogP contribution in [-0.4, -0.2) is 46.1 Å². The SMILES string of the molecule is CCCCCCCCCCCCCCCC(=O)OCC(=O)[C@]1(O)CC[C@H]2[C@@H]3CCC4=CC(=O)CC[C@]4(C)[C@H]3[C@@H](O)C[C@@]21C. The maximum atomic E-state index is 13.5. The van der Waals surface area contributed by atoms with Crippen molar-refractivity contribution in [3.05, 3.63) is 11.6 Å². The lowest BCUT2D eigenvalue weighted by Gasteiger charge is -2.60. The molecule has 0 saturated heterocycles. The first kappa shape index (κ1) is 34.3. The van der Waals surface area contributed by atoms with Crippen molar-refractivity contribution in [1.82, 2.24) is 0 Å². The normalized spacial score (nSPS) is 35.1. The fourth-order valence-corrected chi connectivity index (χ4v) is 9.77. The molecule has 43 heavy (non-hydrogen) atoms. The summed E-state index contributed by atoms with van der Waals surface area (Å²) in [5.74, 6) is -0.251. The van der Waals surface area contributed by atoms with Crippen LogP contribution in [-0.2, 0) is 19.1 Å². The van der Waals surface area contributed by atoms with Gasteiger partial charge < -0.3 is 14.9 Å². The Labute approximate surface area is 260 Å². The molecule has 6 nitrogen and oxygen atoms in total. The van der Waals surface area contributed by atoms with E-state index in [0.29, 0.717) is 25.7 Å². The molecule has 0 radical (unpaired) electrons. The van der Waals surface area contributed by atoms with Crippen molar-refractivity contribution in [2.75, 3.05) is 6.61 Å². The van der Waals surface area contributed by atoms with Crippen molar-refractivity contribution >= 4 is 17.5 Å². The van der Waals surface area contributed by atoms with Crippen LogP contribution in [0.1, 0.15) is 156 Å². The highest BCUT2D eigenvalue weighted by molar-refractivity contribution is 5.92. The van der Waals surface area contributed by atoms with Crippen LogP contribution in [0.15, 0.2) is 11.6 Å². The van der Waals surface area contributed by atoms with Gasteiger partial charge in [-0.3, -0.25) is 14.4 Å². The van der Waals surface area contributed by atoms with Gasteiger partial charge in [0.1, 0.15) is 5.60 Å². The highest BCUT2D eigenvalue weighted by atomic mass is 16.5. The molecule has 4 aliphatic carbocycles. The minimum Gasteiger partial charge on any atom is -0.458 e. The number of esters is 1. The average Bonchev–Trinajstić information content (AvgIpc) is 3.25. The lowest BCUT2D eigenvalue weighted by atomic mass is 9.45. The number of Topliss-reactive ketones (excluding diaryl/α,β-unsaturated/α-hetero) is 1. The van der Waals surface area contributed by atoms with Gasteiger partial charge in [-0.15, -0.1) is 0 Å². The summed E-state index contributed by atoms with van der Waals surface area (Å²) >= 11 is 0. The van der Waals surface area contributed by atoms with Crippen LogP contribution in [0.3, 0.4) is 0 Å². The zero-order chi connectivity index (χ0) is 31.1. The number of fused-ring (bicyclic) bond motifs is 5. The Balaban J connectivity index is 1.17. The number of rotatable bonds is 17. The zero-order valence-corrected chi connectivity index (χ0v) is 27.5. The van der Waals surface area contributed by atoms with E-state index < -0.39 is 29.5 Å². The van der Waals surface area contributed by atoms with Crippen LogP contribution in [0.25, 0.3) is 0 Å². The van der Waals surface area contributed by atoms with Crippen LogP contribution >= 0.6 is 0 Å². The number of carbonyl (C=O) groups is 3. The van der Waals surface area contributed by atoms with Gasteiger partial charge in [0.15, 0.2) is 12.4 Å². The predicted octanol–water partition coefficient (Wildman–Crippen LogP) is 7.81. The van der Waals surface area contributed by atoms with E-state index in [1.54, 1.807) is 0 Å². The molecule has 244 valence electrons. The van der Waals surface area contributed by atoms with Crippen LogP contribution in [0, 0.1) is 28.6 Å². The van der Waals surface area contributed by atoms with Gasteiger partial charge in [0, 0.05) is 18.3 Å². The molecule has 0 bridgehead atoms. The molecule has 0 aromatic carbocycles. The second-order valence-corrected chi connectivity index (χ2v) is 15.1. The molecule has 2 N–H and O–H groups in total.